The van der Waals surface area contributed by atoms with Crippen molar-refractivity contribution in [1.29, 1.82) is 0 Å². The Labute approximate surface area is 214 Å². The maximum Gasteiger partial charge on any atom is 0.192 e. The van der Waals surface area contributed by atoms with Crippen molar-refractivity contribution in [2.75, 3.05) is 26.2 Å². The lowest BCUT2D eigenvalue weighted by molar-refractivity contribution is 0.113. The van der Waals surface area contributed by atoms with Gasteiger partial charge in [-0.15, -0.1) is 34.2 Å². The molecular formula is C24H38IN7O. The molecule has 0 radical (unpaired) electrons. The van der Waals surface area contributed by atoms with E-state index in [1.165, 1.54) is 5.56 Å². The largest absolute Gasteiger partial charge is 0.376 e. The van der Waals surface area contributed by atoms with Gasteiger partial charge in [0, 0.05) is 45.4 Å². The number of hydrogen-bond acceptors (Lipinski definition) is 5. The maximum atomic E-state index is 5.78. The number of nitrogens with zero attached hydrogens (tertiary/aromatic N) is 5. The van der Waals surface area contributed by atoms with Crippen molar-refractivity contribution in [3.05, 3.63) is 47.5 Å². The van der Waals surface area contributed by atoms with Crippen LogP contribution >= 0.6 is 24.0 Å². The van der Waals surface area contributed by atoms with Gasteiger partial charge in [0.25, 0.3) is 0 Å². The number of aliphatic imine (C=N–C) groups is 1. The third kappa shape index (κ3) is 7.13. The molecule has 9 heteroatoms. The predicted molar refractivity (Wildman–Crippen MR) is 142 cm³/mol. The van der Waals surface area contributed by atoms with Gasteiger partial charge in [0.15, 0.2) is 11.8 Å². The fourth-order valence-corrected chi connectivity index (χ4v) is 4.47. The molecule has 0 aliphatic carbocycles. The molecule has 33 heavy (non-hydrogen) atoms. The zero-order valence-corrected chi connectivity index (χ0v) is 22.4. The van der Waals surface area contributed by atoms with Gasteiger partial charge >= 0.3 is 0 Å². The zero-order valence-electron chi connectivity index (χ0n) is 20.0. The minimum atomic E-state index is 0. The Morgan fingerprint density at radius 3 is 2.58 bits per heavy atom. The first-order chi connectivity index (χ1) is 15.6. The van der Waals surface area contributed by atoms with E-state index in [9.17, 15) is 0 Å². The van der Waals surface area contributed by atoms with Gasteiger partial charge in [-0.1, -0.05) is 30.3 Å². The van der Waals surface area contributed by atoms with Crippen LogP contribution in [0.2, 0.25) is 0 Å². The molecule has 2 fully saturated rings. The standard InChI is InChI=1S/C24H37N7O.HI/c1-18(20-8-5-4-6-9-20)31-13-11-21(12-14-31)27-24(25-16-22-10-7-15-32-22)26-17-23-29-28-19(2)30(23)3;/h4-6,8-9,18,21-22H,7,10-17H2,1-3H3,(H2,25,26,27);1H. The van der Waals surface area contributed by atoms with Crippen LogP contribution in [0.1, 0.15) is 55.9 Å². The summed E-state index contributed by atoms with van der Waals surface area (Å²) in [5, 5.41) is 15.6. The number of halogens is 1. The van der Waals surface area contributed by atoms with Crippen molar-refractivity contribution in [2.24, 2.45) is 12.0 Å². The van der Waals surface area contributed by atoms with Gasteiger partial charge in [-0.25, -0.2) is 4.99 Å². The van der Waals surface area contributed by atoms with Crippen molar-refractivity contribution in [3.63, 3.8) is 0 Å². The van der Waals surface area contributed by atoms with Crippen LogP contribution < -0.4 is 10.6 Å². The monoisotopic (exact) mass is 567 g/mol. The van der Waals surface area contributed by atoms with E-state index in [0.29, 0.717) is 18.6 Å². The summed E-state index contributed by atoms with van der Waals surface area (Å²) in [7, 11) is 1.98. The summed E-state index contributed by atoms with van der Waals surface area (Å²) in [6.07, 6.45) is 4.72. The Hall–Kier alpha value is -1.72. The molecule has 3 heterocycles. The molecule has 0 amide bonds. The number of piperidine rings is 1. The third-order valence-corrected chi connectivity index (χ3v) is 6.78. The lowest BCUT2D eigenvalue weighted by atomic mass is 10.0. The minimum Gasteiger partial charge on any atom is -0.376 e. The van der Waals surface area contributed by atoms with E-state index in [-0.39, 0.29) is 30.1 Å². The van der Waals surface area contributed by atoms with Crippen molar-refractivity contribution in [1.82, 2.24) is 30.3 Å². The lowest BCUT2D eigenvalue weighted by Gasteiger charge is -2.37. The number of benzene rings is 1. The highest BCUT2D eigenvalue weighted by Gasteiger charge is 2.24. The highest BCUT2D eigenvalue weighted by molar-refractivity contribution is 14.0. The summed E-state index contributed by atoms with van der Waals surface area (Å²) in [5.41, 5.74) is 1.39. The molecule has 0 bridgehead atoms. The molecule has 8 nitrogen and oxygen atoms in total. The van der Waals surface area contributed by atoms with Gasteiger partial charge in [0.1, 0.15) is 12.4 Å². The van der Waals surface area contributed by atoms with Crippen LogP contribution in [0, 0.1) is 6.92 Å². The number of aryl methyl sites for hydroxylation is 1. The van der Waals surface area contributed by atoms with Crippen molar-refractivity contribution in [3.8, 4) is 0 Å². The Balaban J connectivity index is 0.00000306. The molecule has 2 unspecified atom stereocenters. The molecular weight excluding hydrogens is 529 g/mol. The van der Waals surface area contributed by atoms with Crippen molar-refractivity contribution in [2.45, 2.75) is 64.3 Å². The van der Waals surface area contributed by atoms with Crippen molar-refractivity contribution < 1.29 is 4.74 Å². The summed E-state index contributed by atoms with van der Waals surface area (Å²) >= 11 is 0. The highest BCUT2D eigenvalue weighted by atomic mass is 127. The molecule has 182 valence electrons. The quantitative estimate of drug-likeness (QED) is 0.304. The second kappa shape index (κ2) is 12.7. The first-order valence-corrected chi connectivity index (χ1v) is 11.9. The predicted octanol–water partition coefficient (Wildman–Crippen LogP) is 3.18. The normalized spacial score (nSPS) is 20.9. The Morgan fingerprint density at radius 1 is 1.18 bits per heavy atom. The maximum absolute atomic E-state index is 5.78. The molecule has 2 N–H and O–H groups in total. The Kier molecular flexibility index (Phi) is 9.94. The number of ether oxygens (including phenoxy) is 1. The van der Waals surface area contributed by atoms with E-state index >= 15 is 0 Å². The summed E-state index contributed by atoms with van der Waals surface area (Å²) in [6, 6.07) is 11.6. The summed E-state index contributed by atoms with van der Waals surface area (Å²) in [4.78, 5) is 7.40. The van der Waals surface area contributed by atoms with E-state index in [2.05, 4.69) is 63.0 Å². The Bertz CT molecular complexity index is 874. The lowest BCUT2D eigenvalue weighted by Crippen LogP contribution is -2.50. The second-order valence-electron chi connectivity index (χ2n) is 8.94. The first-order valence-electron chi connectivity index (χ1n) is 11.9. The van der Waals surface area contributed by atoms with Crippen LogP contribution in [-0.2, 0) is 18.3 Å². The molecule has 2 atom stereocenters. The molecule has 0 spiro atoms. The SMILES string of the molecule is Cc1nnc(CN=C(NCC2CCCO2)NC2CCN(C(C)c3ccccc3)CC2)n1C.I. The number of nitrogens with one attached hydrogen (secondary N) is 2. The zero-order chi connectivity index (χ0) is 22.3. The van der Waals surface area contributed by atoms with Crippen LogP contribution in [0.3, 0.4) is 0 Å². The van der Waals surface area contributed by atoms with Gasteiger partial charge < -0.3 is 19.9 Å². The number of guanidine groups is 1. The molecule has 1 aromatic heterocycles. The van der Waals surface area contributed by atoms with Crippen molar-refractivity contribution >= 4 is 29.9 Å². The van der Waals surface area contributed by atoms with E-state index in [4.69, 9.17) is 9.73 Å². The summed E-state index contributed by atoms with van der Waals surface area (Å²) in [5.74, 6) is 2.61. The number of likely N-dealkylation sites (tertiary alicyclic amines) is 1. The highest BCUT2D eigenvalue weighted by Crippen LogP contribution is 2.24. The van der Waals surface area contributed by atoms with Gasteiger partial charge in [-0.3, -0.25) is 4.90 Å². The van der Waals surface area contributed by atoms with Gasteiger partial charge in [-0.2, -0.15) is 0 Å². The molecule has 2 saturated heterocycles. The smallest absolute Gasteiger partial charge is 0.192 e. The Morgan fingerprint density at radius 2 is 1.94 bits per heavy atom. The van der Waals surface area contributed by atoms with Crippen LogP contribution in [-0.4, -0.2) is 64.0 Å². The molecule has 1 aromatic carbocycles. The van der Waals surface area contributed by atoms with Gasteiger partial charge in [0.2, 0.25) is 0 Å². The topological polar surface area (TPSA) is 79.6 Å². The fraction of sp³-hybridized carbons (Fsp3) is 0.625. The van der Waals surface area contributed by atoms with Gasteiger partial charge in [-0.05, 0) is 45.1 Å². The molecule has 0 saturated carbocycles. The molecule has 2 aromatic rings. The molecule has 2 aliphatic heterocycles. The van der Waals surface area contributed by atoms with Crippen LogP contribution in [0.4, 0.5) is 0 Å². The van der Waals surface area contributed by atoms with E-state index in [1.54, 1.807) is 0 Å². The van der Waals surface area contributed by atoms with Gasteiger partial charge in [0.05, 0.1) is 6.10 Å². The number of hydrogen-bond donors (Lipinski definition) is 2. The average molecular weight is 568 g/mol. The third-order valence-electron chi connectivity index (χ3n) is 6.78. The minimum absolute atomic E-state index is 0. The molecule has 2 aliphatic rings. The number of aromatic nitrogens is 3. The second-order valence-corrected chi connectivity index (χ2v) is 8.94. The van der Waals surface area contributed by atoms with E-state index in [0.717, 1.165) is 69.5 Å². The summed E-state index contributed by atoms with van der Waals surface area (Å²) in [6.45, 7) is 8.57. The van der Waals surface area contributed by atoms with Crippen LogP contribution in [0.5, 0.6) is 0 Å². The molecule has 4 rings (SSSR count). The van der Waals surface area contributed by atoms with E-state index in [1.807, 2.05) is 18.5 Å². The average Bonchev–Trinajstić information content (AvgIpc) is 3.46. The van der Waals surface area contributed by atoms with E-state index < -0.39 is 0 Å². The fourth-order valence-electron chi connectivity index (χ4n) is 4.47. The number of rotatable bonds is 7. The first kappa shape index (κ1) is 25.9. The van der Waals surface area contributed by atoms with Crippen LogP contribution in [0.15, 0.2) is 35.3 Å². The van der Waals surface area contributed by atoms with Crippen LogP contribution in [0.25, 0.3) is 0 Å². The summed E-state index contributed by atoms with van der Waals surface area (Å²) < 4.78 is 7.77.